The molecule has 0 saturated carbocycles. The minimum Gasteiger partial charge on any atom is -0.296 e. The van der Waals surface area contributed by atoms with Gasteiger partial charge in [0, 0.05) is 23.7 Å². The van der Waals surface area contributed by atoms with Crippen molar-refractivity contribution in [3.05, 3.63) is 63.6 Å². The Morgan fingerprint density at radius 2 is 2.13 bits per heavy atom. The Bertz CT molecular complexity index is 809. The quantitative estimate of drug-likeness (QED) is 0.780. The number of carbonyl (C=O) groups is 2. The SMILES string of the molecule is Cc1sccc1CC(=O)C1(c2ccc(C(=O)Cl)cn2)C=CC=N1. The van der Waals surface area contributed by atoms with Gasteiger partial charge < -0.3 is 0 Å². The molecule has 0 fully saturated rings. The van der Waals surface area contributed by atoms with Gasteiger partial charge in [0.15, 0.2) is 11.3 Å². The van der Waals surface area contributed by atoms with Crippen LogP contribution in [-0.4, -0.2) is 22.2 Å². The van der Waals surface area contributed by atoms with E-state index in [4.69, 9.17) is 11.6 Å². The topological polar surface area (TPSA) is 59.4 Å². The summed E-state index contributed by atoms with van der Waals surface area (Å²) in [4.78, 5) is 33.8. The molecule has 1 aliphatic rings. The number of aliphatic imine (C=N–C) groups is 1. The zero-order valence-corrected chi connectivity index (χ0v) is 13.9. The summed E-state index contributed by atoms with van der Waals surface area (Å²) in [6.07, 6.45) is 6.73. The summed E-state index contributed by atoms with van der Waals surface area (Å²) in [6.45, 7) is 1.99. The molecule has 0 bridgehead atoms. The number of nitrogens with zero attached hydrogens (tertiary/aromatic N) is 2. The molecular weight excluding hydrogens is 332 g/mol. The monoisotopic (exact) mass is 344 g/mol. The molecule has 1 aliphatic heterocycles. The average Bonchev–Trinajstić information content (AvgIpc) is 3.18. The Morgan fingerprint density at radius 3 is 2.65 bits per heavy atom. The third kappa shape index (κ3) is 2.90. The summed E-state index contributed by atoms with van der Waals surface area (Å²) >= 11 is 7.05. The van der Waals surface area contributed by atoms with Crippen LogP contribution in [0.1, 0.15) is 26.5 Å². The number of carbonyl (C=O) groups excluding carboxylic acids is 2. The van der Waals surface area contributed by atoms with Gasteiger partial charge in [0.05, 0.1) is 11.3 Å². The van der Waals surface area contributed by atoms with Gasteiger partial charge in [-0.15, -0.1) is 11.3 Å². The van der Waals surface area contributed by atoms with E-state index >= 15 is 0 Å². The Hall–Kier alpha value is -2.11. The van der Waals surface area contributed by atoms with Crippen molar-refractivity contribution in [2.45, 2.75) is 18.9 Å². The lowest BCUT2D eigenvalue weighted by Gasteiger charge is -2.22. The molecule has 116 valence electrons. The van der Waals surface area contributed by atoms with Gasteiger partial charge in [0.25, 0.3) is 5.24 Å². The van der Waals surface area contributed by atoms with Gasteiger partial charge in [-0.3, -0.25) is 19.6 Å². The Labute approximate surface area is 142 Å². The third-order valence-corrected chi connectivity index (χ3v) is 4.93. The lowest BCUT2D eigenvalue weighted by Crippen LogP contribution is -2.33. The van der Waals surface area contributed by atoms with Crippen molar-refractivity contribution in [2.75, 3.05) is 0 Å². The first-order valence-corrected chi connectivity index (χ1v) is 8.24. The molecule has 23 heavy (non-hydrogen) atoms. The van der Waals surface area contributed by atoms with Crippen LogP contribution in [0.4, 0.5) is 0 Å². The minimum absolute atomic E-state index is 0.0542. The molecular formula is C17H13ClN2O2S. The first-order chi connectivity index (χ1) is 11.0. The second-order valence-electron chi connectivity index (χ2n) is 5.21. The molecule has 3 rings (SSSR count). The molecule has 0 aromatic carbocycles. The fourth-order valence-corrected chi connectivity index (χ4v) is 3.32. The highest BCUT2D eigenvalue weighted by Gasteiger charge is 2.39. The van der Waals surface area contributed by atoms with Crippen LogP contribution >= 0.6 is 22.9 Å². The highest BCUT2D eigenvalue weighted by molar-refractivity contribution is 7.10. The number of ketones is 1. The lowest BCUT2D eigenvalue weighted by molar-refractivity contribution is -0.122. The molecule has 4 nitrogen and oxygen atoms in total. The predicted molar refractivity (Wildman–Crippen MR) is 91.5 cm³/mol. The van der Waals surface area contributed by atoms with Gasteiger partial charge in [-0.2, -0.15) is 0 Å². The van der Waals surface area contributed by atoms with Crippen LogP contribution in [0, 0.1) is 6.92 Å². The largest absolute Gasteiger partial charge is 0.296 e. The van der Waals surface area contributed by atoms with Gasteiger partial charge in [0.1, 0.15) is 0 Å². The fourth-order valence-electron chi connectivity index (χ4n) is 2.48. The number of pyridine rings is 1. The number of thiophene rings is 1. The van der Waals surface area contributed by atoms with Crippen molar-refractivity contribution in [1.29, 1.82) is 0 Å². The van der Waals surface area contributed by atoms with Crippen molar-refractivity contribution in [3.63, 3.8) is 0 Å². The Morgan fingerprint density at radius 1 is 1.30 bits per heavy atom. The van der Waals surface area contributed by atoms with Crippen molar-refractivity contribution in [1.82, 2.24) is 4.98 Å². The molecule has 0 N–H and O–H groups in total. The molecule has 3 heterocycles. The number of hydrogen-bond acceptors (Lipinski definition) is 5. The predicted octanol–water partition coefficient (Wildman–Crippen LogP) is 3.48. The van der Waals surface area contributed by atoms with Gasteiger partial charge >= 0.3 is 0 Å². The summed E-state index contributed by atoms with van der Waals surface area (Å²) in [5.41, 5.74) is 0.657. The lowest BCUT2D eigenvalue weighted by atomic mass is 9.87. The van der Waals surface area contributed by atoms with Crippen LogP contribution in [0.15, 0.2) is 46.9 Å². The highest BCUT2D eigenvalue weighted by atomic mass is 35.5. The maximum absolute atomic E-state index is 12.9. The van der Waals surface area contributed by atoms with Gasteiger partial charge in [-0.25, -0.2) is 0 Å². The normalized spacial score (nSPS) is 19.2. The zero-order valence-electron chi connectivity index (χ0n) is 12.3. The van der Waals surface area contributed by atoms with Crippen molar-refractivity contribution >= 4 is 40.2 Å². The molecule has 0 aliphatic carbocycles. The van der Waals surface area contributed by atoms with Crippen LogP contribution in [0.2, 0.25) is 0 Å². The van der Waals surface area contributed by atoms with E-state index in [2.05, 4.69) is 9.98 Å². The fraction of sp³-hybridized carbons (Fsp3) is 0.176. The Balaban J connectivity index is 1.95. The third-order valence-electron chi connectivity index (χ3n) is 3.82. The van der Waals surface area contributed by atoms with E-state index < -0.39 is 10.8 Å². The number of rotatable bonds is 5. The molecule has 6 heteroatoms. The summed E-state index contributed by atoms with van der Waals surface area (Å²) in [7, 11) is 0. The van der Waals surface area contributed by atoms with Crippen LogP contribution in [0.3, 0.4) is 0 Å². The van der Waals surface area contributed by atoms with Crippen molar-refractivity contribution in [3.8, 4) is 0 Å². The van der Waals surface area contributed by atoms with E-state index in [1.807, 2.05) is 18.4 Å². The van der Waals surface area contributed by atoms with E-state index in [0.717, 1.165) is 10.4 Å². The van der Waals surface area contributed by atoms with Crippen molar-refractivity contribution in [2.24, 2.45) is 4.99 Å². The summed E-state index contributed by atoms with van der Waals surface area (Å²) < 4.78 is 0. The van der Waals surface area contributed by atoms with E-state index in [9.17, 15) is 9.59 Å². The van der Waals surface area contributed by atoms with Crippen LogP contribution in [0.5, 0.6) is 0 Å². The number of aryl methyl sites for hydroxylation is 1. The maximum Gasteiger partial charge on any atom is 0.253 e. The zero-order chi connectivity index (χ0) is 16.4. The van der Waals surface area contributed by atoms with Crippen LogP contribution < -0.4 is 0 Å². The highest BCUT2D eigenvalue weighted by Crippen LogP contribution is 2.32. The van der Waals surface area contributed by atoms with Crippen molar-refractivity contribution < 1.29 is 9.59 Å². The number of hydrogen-bond donors (Lipinski definition) is 0. The second-order valence-corrected chi connectivity index (χ2v) is 6.67. The van der Waals surface area contributed by atoms with Crippen LogP contribution in [0.25, 0.3) is 0 Å². The molecule has 1 unspecified atom stereocenters. The molecule has 1 atom stereocenters. The number of halogens is 1. The van der Waals surface area contributed by atoms with E-state index in [0.29, 0.717) is 5.69 Å². The minimum atomic E-state index is -1.12. The van der Waals surface area contributed by atoms with E-state index in [-0.39, 0.29) is 17.8 Å². The number of Topliss-reactive ketones (excluding diaryl/α,β-unsaturated/α-hetero) is 1. The van der Waals surface area contributed by atoms with E-state index in [1.54, 1.807) is 41.8 Å². The molecule has 2 aromatic heterocycles. The Kier molecular flexibility index (Phi) is 4.24. The number of allylic oxidation sites excluding steroid dienone is 1. The second kappa shape index (κ2) is 6.18. The van der Waals surface area contributed by atoms with Gasteiger partial charge in [0.2, 0.25) is 0 Å². The number of aromatic nitrogens is 1. The molecule has 0 spiro atoms. The molecule has 0 amide bonds. The first-order valence-electron chi connectivity index (χ1n) is 6.98. The summed E-state index contributed by atoms with van der Waals surface area (Å²) in [5, 5.41) is 1.39. The molecule has 0 radical (unpaired) electrons. The smallest absolute Gasteiger partial charge is 0.253 e. The standard InChI is InChI=1S/C17H13ClN2O2S/c1-11-12(5-8-23-11)9-15(21)17(6-2-7-20-17)14-4-3-13(10-19-14)16(18)22/h2-8,10H,9H2,1H3. The maximum atomic E-state index is 12.9. The molecule has 2 aromatic rings. The summed E-state index contributed by atoms with van der Waals surface area (Å²) in [6, 6.07) is 5.14. The van der Waals surface area contributed by atoms with Crippen LogP contribution in [-0.2, 0) is 16.8 Å². The van der Waals surface area contributed by atoms with Gasteiger partial charge in [-0.1, -0.05) is 0 Å². The first kappa shape index (κ1) is 15.8. The summed E-state index contributed by atoms with van der Waals surface area (Å²) in [5.74, 6) is -0.0542. The van der Waals surface area contributed by atoms with E-state index in [1.165, 1.54) is 6.20 Å². The average molecular weight is 345 g/mol. The molecule has 0 saturated heterocycles. The van der Waals surface area contributed by atoms with Gasteiger partial charge in [-0.05, 0) is 59.8 Å².